The second-order valence-corrected chi connectivity index (χ2v) is 9.67. The number of amides is 1. The second-order valence-electron chi connectivity index (χ2n) is 9.67. The molecule has 0 unspecified atom stereocenters. The molecule has 0 aliphatic carbocycles. The molecule has 1 saturated heterocycles. The zero-order chi connectivity index (χ0) is 26.6. The Hall–Kier alpha value is -4.31. The lowest BCUT2D eigenvalue weighted by Crippen LogP contribution is -2.46. The van der Waals surface area contributed by atoms with E-state index in [4.69, 9.17) is 4.74 Å². The minimum Gasteiger partial charge on any atom is -0.494 e. The number of piperidine rings is 1. The molecule has 5 rings (SSSR count). The van der Waals surface area contributed by atoms with E-state index < -0.39 is 10.8 Å². The highest BCUT2D eigenvalue weighted by Gasteiger charge is 2.34. The van der Waals surface area contributed by atoms with Crippen molar-refractivity contribution in [2.24, 2.45) is 11.0 Å². The lowest BCUT2D eigenvalue weighted by Gasteiger charge is -2.43. The highest BCUT2D eigenvalue weighted by molar-refractivity contribution is 5.98. The molecule has 10 heteroatoms. The van der Waals surface area contributed by atoms with Crippen LogP contribution >= 0.6 is 0 Å². The molecule has 1 N–H and O–H groups in total. The second kappa shape index (κ2) is 11.0. The SMILES string of the molecule is CCOc1ccc(/C=N\NC(=O)c2ccccc2[N+](=O)[O-])cc1CN1C[C@H]2C[C@@H](C1)c1cccc(=O)n1C2. The fraction of sp³-hybridized carbons (Fsp3) is 0.321. The van der Waals surface area contributed by atoms with Crippen molar-refractivity contribution in [3.05, 3.63) is 104 Å². The maximum Gasteiger partial charge on any atom is 0.282 e. The molecule has 3 heterocycles. The van der Waals surface area contributed by atoms with Gasteiger partial charge in [0.25, 0.3) is 17.2 Å². The van der Waals surface area contributed by atoms with Crippen molar-refractivity contribution in [3.63, 3.8) is 0 Å². The molecule has 3 aromatic rings. The summed E-state index contributed by atoms with van der Waals surface area (Å²) in [4.78, 5) is 37.8. The fourth-order valence-corrected chi connectivity index (χ4v) is 5.52. The monoisotopic (exact) mass is 515 g/mol. The molecule has 38 heavy (non-hydrogen) atoms. The maximum atomic E-state index is 12.5. The lowest BCUT2D eigenvalue weighted by molar-refractivity contribution is -0.385. The number of fused-ring (bicyclic) bond motifs is 4. The number of nitrogens with one attached hydrogen (secondary N) is 1. The number of rotatable bonds is 8. The van der Waals surface area contributed by atoms with Gasteiger partial charge in [-0.3, -0.25) is 24.6 Å². The summed E-state index contributed by atoms with van der Waals surface area (Å²) in [6.45, 7) is 5.66. The molecular formula is C28H29N5O5. The zero-order valence-electron chi connectivity index (χ0n) is 21.1. The molecule has 196 valence electrons. The zero-order valence-corrected chi connectivity index (χ0v) is 21.1. The van der Waals surface area contributed by atoms with Crippen molar-refractivity contribution in [1.82, 2.24) is 14.9 Å². The van der Waals surface area contributed by atoms with Crippen LogP contribution in [0.4, 0.5) is 5.69 Å². The number of para-hydroxylation sites is 1. The quantitative estimate of drug-likeness (QED) is 0.278. The van der Waals surface area contributed by atoms with E-state index in [1.165, 1.54) is 24.4 Å². The van der Waals surface area contributed by atoms with Crippen LogP contribution in [0.3, 0.4) is 0 Å². The van der Waals surface area contributed by atoms with E-state index >= 15 is 0 Å². The third kappa shape index (κ3) is 5.35. The highest BCUT2D eigenvalue weighted by atomic mass is 16.6. The number of aromatic nitrogens is 1. The van der Waals surface area contributed by atoms with Crippen molar-refractivity contribution in [2.45, 2.75) is 32.4 Å². The number of benzene rings is 2. The predicted octanol–water partition coefficient (Wildman–Crippen LogP) is 3.54. The number of ether oxygens (including phenoxy) is 1. The number of carbonyl (C=O) groups excluding carboxylic acids is 1. The van der Waals surface area contributed by atoms with Gasteiger partial charge in [-0.2, -0.15) is 5.10 Å². The summed E-state index contributed by atoms with van der Waals surface area (Å²) < 4.78 is 7.81. The molecule has 1 fully saturated rings. The highest BCUT2D eigenvalue weighted by Crippen LogP contribution is 2.36. The van der Waals surface area contributed by atoms with Gasteiger partial charge in [-0.05, 0) is 55.2 Å². The number of nitro benzene ring substituents is 1. The minimum atomic E-state index is -0.654. The van der Waals surface area contributed by atoms with Gasteiger partial charge in [0, 0.05) is 55.5 Å². The van der Waals surface area contributed by atoms with E-state index in [9.17, 15) is 19.7 Å². The van der Waals surface area contributed by atoms with Gasteiger partial charge in [0.15, 0.2) is 0 Å². The molecule has 2 aromatic carbocycles. The number of carbonyl (C=O) groups is 1. The third-order valence-electron chi connectivity index (χ3n) is 7.06. The van der Waals surface area contributed by atoms with Crippen molar-refractivity contribution in [2.75, 3.05) is 19.7 Å². The number of hydrogen-bond donors (Lipinski definition) is 1. The van der Waals surface area contributed by atoms with Gasteiger partial charge in [-0.15, -0.1) is 0 Å². The van der Waals surface area contributed by atoms with Gasteiger partial charge in [0.05, 0.1) is 17.7 Å². The summed E-state index contributed by atoms with van der Waals surface area (Å²) in [7, 11) is 0. The molecule has 2 bridgehead atoms. The Morgan fingerprint density at radius 2 is 2.00 bits per heavy atom. The van der Waals surface area contributed by atoms with Crippen molar-refractivity contribution in [3.8, 4) is 5.75 Å². The summed E-state index contributed by atoms with van der Waals surface area (Å²) in [6, 6.07) is 17.0. The average molecular weight is 516 g/mol. The summed E-state index contributed by atoms with van der Waals surface area (Å²) in [5, 5.41) is 15.2. The van der Waals surface area contributed by atoms with E-state index in [1.807, 2.05) is 35.8 Å². The van der Waals surface area contributed by atoms with Crippen LogP contribution in [0.2, 0.25) is 0 Å². The van der Waals surface area contributed by atoms with Crippen LogP contribution in [0.5, 0.6) is 5.75 Å². The molecule has 10 nitrogen and oxygen atoms in total. The van der Waals surface area contributed by atoms with Crippen molar-refractivity contribution in [1.29, 1.82) is 0 Å². The van der Waals surface area contributed by atoms with Crippen LogP contribution in [0, 0.1) is 16.0 Å². The Bertz CT molecular complexity index is 1450. The largest absolute Gasteiger partial charge is 0.494 e. The Balaban J connectivity index is 1.31. The fourth-order valence-electron chi connectivity index (χ4n) is 5.52. The van der Waals surface area contributed by atoms with Crippen molar-refractivity contribution < 1.29 is 14.5 Å². The predicted molar refractivity (Wildman–Crippen MR) is 143 cm³/mol. The first-order chi connectivity index (χ1) is 18.4. The van der Waals surface area contributed by atoms with Crippen LogP contribution in [0.1, 0.15) is 46.4 Å². The molecule has 2 atom stereocenters. The van der Waals surface area contributed by atoms with Gasteiger partial charge in [-0.25, -0.2) is 5.43 Å². The Morgan fingerprint density at radius 1 is 1.16 bits per heavy atom. The molecule has 0 saturated carbocycles. The van der Waals surface area contributed by atoms with E-state index in [2.05, 4.69) is 21.5 Å². The smallest absolute Gasteiger partial charge is 0.282 e. The van der Waals surface area contributed by atoms with E-state index in [0.717, 1.165) is 48.6 Å². The van der Waals surface area contributed by atoms with Gasteiger partial charge in [0.1, 0.15) is 11.3 Å². The average Bonchev–Trinajstić information content (AvgIpc) is 2.90. The van der Waals surface area contributed by atoms with Gasteiger partial charge in [-0.1, -0.05) is 18.2 Å². The van der Waals surface area contributed by atoms with Crippen LogP contribution in [0.25, 0.3) is 0 Å². The molecule has 0 radical (unpaired) electrons. The van der Waals surface area contributed by atoms with E-state index in [0.29, 0.717) is 25.0 Å². The normalized spacial score (nSPS) is 18.7. The number of hydrazone groups is 1. The summed E-state index contributed by atoms with van der Waals surface area (Å²) in [5.41, 5.74) is 5.01. The van der Waals surface area contributed by atoms with Gasteiger partial charge < -0.3 is 9.30 Å². The molecule has 0 spiro atoms. The lowest BCUT2D eigenvalue weighted by atomic mass is 9.83. The standard InChI is InChI=1S/C28H29N5O5/c1-2-38-26-11-10-19(14-29-30-28(35)23-6-3-4-7-25(23)33(36)37)12-22(26)18-31-15-20-13-21(17-31)24-8-5-9-27(34)32(24)16-20/h3-12,14,20-21H,2,13,15-18H2,1H3,(H,30,35)/b29-14-/t20-,21+/m1/s1. The molecule has 2 aliphatic rings. The Labute approximate surface area is 219 Å². The molecule has 1 amide bonds. The van der Waals surface area contributed by atoms with Crippen LogP contribution in [-0.2, 0) is 13.1 Å². The number of pyridine rings is 1. The van der Waals surface area contributed by atoms with Gasteiger partial charge >= 0.3 is 0 Å². The van der Waals surface area contributed by atoms with Crippen LogP contribution in [0.15, 0.2) is 70.6 Å². The van der Waals surface area contributed by atoms with Crippen LogP contribution < -0.4 is 15.7 Å². The summed E-state index contributed by atoms with van der Waals surface area (Å²) in [6.07, 6.45) is 2.60. The van der Waals surface area contributed by atoms with Gasteiger partial charge in [0.2, 0.25) is 0 Å². The molecular weight excluding hydrogens is 486 g/mol. The maximum absolute atomic E-state index is 12.5. The topological polar surface area (TPSA) is 119 Å². The summed E-state index contributed by atoms with van der Waals surface area (Å²) in [5.74, 6) is 0.868. The first-order valence-corrected chi connectivity index (χ1v) is 12.7. The minimum absolute atomic E-state index is 0.0542. The number of nitrogens with zero attached hydrogens (tertiary/aromatic N) is 4. The van der Waals surface area contributed by atoms with Crippen LogP contribution in [-0.4, -0.2) is 46.2 Å². The van der Waals surface area contributed by atoms with Crippen molar-refractivity contribution >= 4 is 17.8 Å². The van der Waals surface area contributed by atoms with E-state index in [1.54, 1.807) is 12.1 Å². The summed E-state index contributed by atoms with van der Waals surface area (Å²) >= 11 is 0. The first kappa shape index (κ1) is 25.3. The molecule has 2 aliphatic heterocycles. The number of hydrogen-bond acceptors (Lipinski definition) is 7. The molecule has 1 aromatic heterocycles. The Kier molecular flexibility index (Phi) is 7.32. The Morgan fingerprint density at radius 3 is 2.82 bits per heavy atom. The first-order valence-electron chi connectivity index (χ1n) is 12.7. The third-order valence-corrected chi connectivity index (χ3v) is 7.06. The number of likely N-dealkylation sites (tertiary alicyclic amines) is 1. The number of nitro groups is 1. The van der Waals surface area contributed by atoms with E-state index in [-0.39, 0.29) is 16.8 Å².